The Morgan fingerprint density at radius 3 is 0.826 bits per heavy atom. The maximum absolute atomic E-state index is 11.6. The van der Waals surface area contributed by atoms with Crippen LogP contribution in [0.4, 0.5) is 0 Å². The van der Waals surface area contributed by atoms with Crippen molar-refractivity contribution in [1.29, 1.82) is 0 Å². The van der Waals surface area contributed by atoms with E-state index < -0.39 is 5.60 Å². The first kappa shape index (κ1) is 45.0. The van der Waals surface area contributed by atoms with Crippen LogP contribution in [0, 0.1) is 0 Å². The molecular weight excluding hydrogens is 608 g/mol. The summed E-state index contributed by atoms with van der Waals surface area (Å²) in [5.74, 6) is -0.265. The van der Waals surface area contributed by atoms with E-state index in [2.05, 4.69) is 0 Å². The lowest BCUT2D eigenvalue weighted by Gasteiger charge is -2.19. The zero-order chi connectivity index (χ0) is 33.8. The van der Waals surface area contributed by atoms with Crippen LogP contribution in [0.3, 0.4) is 0 Å². The molecule has 0 aliphatic rings. The zero-order valence-corrected chi connectivity index (χ0v) is 29.3. The fraction of sp³-hybridized carbons (Fsp3) is 0.969. The van der Waals surface area contributed by atoms with Gasteiger partial charge in [-0.05, 0) is 34.6 Å². The molecule has 0 atom stereocenters. The normalized spacial score (nSPS) is 12.0. The largest absolute Gasteiger partial charge is 0.460 e. The Labute approximate surface area is 277 Å². The standard InChI is InChI=1S/C32H64O14/c1-30(2)45-29-28-44-27-26-43-25-24-42-23-22-41-21-20-40-19-18-39-17-16-38-15-14-37-13-12-36-11-10-35-9-8-34-7-6-31(33)46-32(3,4)5/h30H,6-29H2,1-5H3. The Balaban J connectivity index is 3.09. The third kappa shape index (κ3) is 41.0. The van der Waals surface area contributed by atoms with E-state index >= 15 is 0 Å². The highest BCUT2D eigenvalue weighted by atomic mass is 16.6. The van der Waals surface area contributed by atoms with Gasteiger partial charge >= 0.3 is 5.97 Å². The van der Waals surface area contributed by atoms with Crippen molar-refractivity contribution in [3.8, 4) is 0 Å². The Morgan fingerprint density at radius 2 is 0.609 bits per heavy atom. The van der Waals surface area contributed by atoms with Crippen molar-refractivity contribution in [2.75, 3.05) is 152 Å². The average molecular weight is 673 g/mol. The van der Waals surface area contributed by atoms with E-state index in [0.717, 1.165) is 0 Å². The van der Waals surface area contributed by atoms with Gasteiger partial charge in [0, 0.05) is 0 Å². The van der Waals surface area contributed by atoms with Crippen molar-refractivity contribution in [3.63, 3.8) is 0 Å². The lowest BCUT2D eigenvalue weighted by molar-refractivity contribution is -0.156. The molecule has 0 spiro atoms. The molecule has 0 heterocycles. The van der Waals surface area contributed by atoms with E-state index in [9.17, 15) is 4.79 Å². The first-order valence-corrected chi connectivity index (χ1v) is 16.5. The highest BCUT2D eigenvalue weighted by Crippen LogP contribution is 2.08. The van der Waals surface area contributed by atoms with Crippen molar-refractivity contribution in [1.82, 2.24) is 0 Å². The molecule has 14 heteroatoms. The van der Waals surface area contributed by atoms with E-state index in [4.69, 9.17) is 61.6 Å². The minimum absolute atomic E-state index is 0.228. The van der Waals surface area contributed by atoms with Crippen molar-refractivity contribution < 1.29 is 66.4 Å². The molecule has 0 aliphatic heterocycles. The first-order chi connectivity index (χ1) is 22.3. The molecule has 46 heavy (non-hydrogen) atoms. The molecule has 0 bridgehead atoms. The molecule has 14 nitrogen and oxygen atoms in total. The summed E-state index contributed by atoms with van der Waals surface area (Å²) >= 11 is 0. The van der Waals surface area contributed by atoms with Crippen LogP contribution in [-0.4, -0.2) is 170 Å². The SMILES string of the molecule is CC(C)OCCOCCOCCOCCOCCOCCOCCOCCOCCOCCOCCOCCC(=O)OC(C)(C)C. The Hall–Kier alpha value is -1.01. The van der Waals surface area contributed by atoms with Crippen LogP contribution < -0.4 is 0 Å². The summed E-state index contributed by atoms with van der Waals surface area (Å²) in [4.78, 5) is 11.6. The van der Waals surface area contributed by atoms with E-state index in [1.165, 1.54) is 0 Å². The quantitative estimate of drug-likeness (QED) is 0.0705. The number of ether oxygens (including phenoxy) is 13. The summed E-state index contributed by atoms with van der Waals surface area (Å²) in [6, 6.07) is 0. The second kappa shape index (κ2) is 35.3. The average Bonchev–Trinajstić information content (AvgIpc) is 2.99. The summed E-state index contributed by atoms with van der Waals surface area (Å²) in [6.45, 7) is 21.0. The predicted molar refractivity (Wildman–Crippen MR) is 171 cm³/mol. The van der Waals surface area contributed by atoms with E-state index in [1.54, 1.807) is 0 Å². The molecule has 0 radical (unpaired) electrons. The van der Waals surface area contributed by atoms with Crippen LogP contribution in [0.25, 0.3) is 0 Å². The zero-order valence-electron chi connectivity index (χ0n) is 29.3. The topological polar surface area (TPSA) is 137 Å². The van der Waals surface area contributed by atoms with Crippen LogP contribution >= 0.6 is 0 Å². The van der Waals surface area contributed by atoms with Gasteiger partial charge in [0.05, 0.1) is 164 Å². The molecule has 0 aromatic carbocycles. The van der Waals surface area contributed by atoms with Gasteiger partial charge in [-0.3, -0.25) is 4.79 Å². The maximum atomic E-state index is 11.6. The van der Waals surface area contributed by atoms with E-state index in [1.807, 2.05) is 34.6 Å². The van der Waals surface area contributed by atoms with E-state index in [0.29, 0.717) is 152 Å². The predicted octanol–water partition coefficient (Wildman–Crippen LogP) is 2.33. The number of hydrogen-bond donors (Lipinski definition) is 0. The van der Waals surface area contributed by atoms with Crippen LogP contribution in [0.2, 0.25) is 0 Å². The van der Waals surface area contributed by atoms with Gasteiger partial charge in [0.15, 0.2) is 0 Å². The summed E-state index contributed by atoms with van der Waals surface area (Å²) in [5.41, 5.74) is -0.473. The molecule has 0 saturated carbocycles. The Kier molecular flexibility index (Phi) is 34.5. The second-order valence-electron chi connectivity index (χ2n) is 11.0. The Morgan fingerprint density at radius 1 is 0.391 bits per heavy atom. The lowest BCUT2D eigenvalue weighted by atomic mass is 10.2. The smallest absolute Gasteiger partial charge is 0.308 e. The summed E-state index contributed by atoms with van der Waals surface area (Å²) in [6.07, 6.45) is 0.460. The fourth-order valence-corrected chi connectivity index (χ4v) is 3.19. The fourth-order valence-electron chi connectivity index (χ4n) is 3.19. The highest BCUT2D eigenvalue weighted by Gasteiger charge is 2.15. The van der Waals surface area contributed by atoms with Gasteiger partial charge in [0.1, 0.15) is 5.60 Å². The van der Waals surface area contributed by atoms with Crippen LogP contribution in [-0.2, 0) is 66.4 Å². The summed E-state index contributed by atoms with van der Waals surface area (Å²) < 4.78 is 70.5. The highest BCUT2D eigenvalue weighted by molar-refractivity contribution is 5.69. The number of carbonyl (C=O) groups excluding carboxylic acids is 1. The molecule has 0 rings (SSSR count). The minimum Gasteiger partial charge on any atom is -0.460 e. The number of esters is 1. The van der Waals surface area contributed by atoms with Gasteiger partial charge in [-0.25, -0.2) is 0 Å². The molecule has 0 saturated heterocycles. The van der Waals surface area contributed by atoms with Gasteiger partial charge in [-0.2, -0.15) is 0 Å². The second-order valence-corrected chi connectivity index (χ2v) is 11.0. The third-order valence-electron chi connectivity index (χ3n) is 5.27. The molecule has 0 unspecified atom stereocenters. The molecular formula is C32H64O14. The van der Waals surface area contributed by atoms with Gasteiger partial charge in [-0.1, -0.05) is 0 Å². The van der Waals surface area contributed by atoms with Gasteiger partial charge in [0.25, 0.3) is 0 Å². The molecule has 0 amide bonds. The summed E-state index contributed by atoms with van der Waals surface area (Å²) in [5, 5.41) is 0. The summed E-state index contributed by atoms with van der Waals surface area (Å²) in [7, 11) is 0. The minimum atomic E-state index is -0.473. The van der Waals surface area contributed by atoms with Crippen molar-refractivity contribution in [3.05, 3.63) is 0 Å². The number of rotatable bonds is 37. The van der Waals surface area contributed by atoms with Gasteiger partial charge in [0.2, 0.25) is 0 Å². The van der Waals surface area contributed by atoms with Crippen LogP contribution in [0.15, 0.2) is 0 Å². The van der Waals surface area contributed by atoms with Crippen molar-refractivity contribution in [2.45, 2.75) is 52.7 Å². The maximum Gasteiger partial charge on any atom is 0.308 e. The molecule has 0 aromatic rings. The number of hydrogen-bond acceptors (Lipinski definition) is 14. The van der Waals surface area contributed by atoms with Crippen LogP contribution in [0.1, 0.15) is 41.0 Å². The monoisotopic (exact) mass is 672 g/mol. The van der Waals surface area contributed by atoms with Crippen LogP contribution in [0.5, 0.6) is 0 Å². The number of carbonyl (C=O) groups is 1. The Bertz CT molecular complexity index is 618. The molecule has 0 aliphatic carbocycles. The van der Waals surface area contributed by atoms with Gasteiger partial charge < -0.3 is 61.6 Å². The molecule has 0 N–H and O–H groups in total. The van der Waals surface area contributed by atoms with Gasteiger partial charge in [-0.15, -0.1) is 0 Å². The molecule has 0 fully saturated rings. The molecule has 0 aromatic heterocycles. The first-order valence-electron chi connectivity index (χ1n) is 16.5. The van der Waals surface area contributed by atoms with E-state index in [-0.39, 0.29) is 18.5 Å². The van der Waals surface area contributed by atoms with Crippen molar-refractivity contribution in [2.24, 2.45) is 0 Å². The third-order valence-corrected chi connectivity index (χ3v) is 5.27. The van der Waals surface area contributed by atoms with Crippen molar-refractivity contribution >= 4 is 5.97 Å². The molecule has 276 valence electrons. The lowest BCUT2D eigenvalue weighted by Crippen LogP contribution is -2.24.